The Kier molecular flexibility index (Phi) is 3.13. The number of aliphatic imine (C=N–C) groups is 1. The van der Waals surface area contributed by atoms with Gasteiger partial charge in [0.2, 0.25) is 5.88 Å². The molecule has 0 saturated heterocycles. The van der Waals surface area contributed by atoms with Gasteiger partial charge in [-0.15, -0.1) is 0 Å². The fourth-order valence-electron chi connectivity index (χ4n) is 1.92. The van der Waals surface area contributed by atoms with Gasteiger partial charge in [0.1, 0.15) is 11.5 Å². The monoisotopic (exact) mass is 267 g/mol. The number of allylic oxidation sites excluding steroid dienone is 1. The van der Waals surface area contributed by atoms with E-state index in [1.807, 2.05) is 36.6 Å². The number of aromatic nitrogens is 1. The molecule has 0 bridgehead atoms. The lowest BCUT2D eigenvalue weighted by Gasteiger charge is -2.07. The minimum absolute atomic E-state index is 0.145. The molecule has 4 heteroatoms. The van der Waals surface area contributed by atoms with E-state index in [0.29, 0.717) is 11.6 Å². The summed E-state index contributed by atoms with van der Waals surface area (Å²) in [5, 5.41) is 0. The number of nitrogens with zero attached hydrogens (tertiary/aromatic N) is 2. The summed E-state index contributed by atoms with van der Waals surface area (Å²) >= 11 is 0. The molecule has 0 unspecified atom stereocenters. The fraction of sp³-hybridized carbons (Fsp3) is 0.125. The molecular weight excluding hydrogens is 252 g/mol. The highest BCUT2D eigenvalue weighted by atomic mass is 16.5. The van der Waals surface area contributed by atoms with Gasteiger partial charge in [0.25, 0.3) is 0 Å². The molecule has 0 amide bonds. The number of hydrogen-bond donors (Lipinski definition) is 0. The molecule has 0 aliphatic carbocycles. The van der Waals surface area contributed by atoms with Crippen LogP contribution in [0.15, 0.2) is 53.7 Å². The second-order valence-electron chi connectivity index (χ2n) is 4.28. The van der Waals surface area contributed by atoms with E-state index < -0.39 is 0 Å². The van der Waals surface area contributed by atoms with Crippen LogP contribution in [-0.4, -0.2) is 24.8 Å². The zero-order chi connectivity index (χ0) is 14.5. The number of methoxy groups -OCH3 is 1. The van der Waals surface area contributed by atoms with E-state index in [4.69, 9.17) is 10.8 Å². The Balaban J connectivity index is 1.67. The molecule has 0 spiro atoms. The molecule has 2 aromatic rings. The molecule has 0 N–H and O–H groups in total. The molecule has 4 nitrogen and oxygen atoms in total. The van der Waals surface area contributed by atoms with Crippen LogP contribution in [0, 0.1) is 0 Å². The minimum Gasteiger partial charge on any atom is -0.481 e. The summed E-state index contributed by atoms with van der Waals surface area (Å²) in [4.78, 5) is 8.22. The van der Waals surface area contributed by atoms with Crippen LogP contribution in [0.2, 0.25) is 0 Å². The van der Waals surface area contributed by atoms with Crippen molar-refractivity contribution in [1.82, 2.24) is 4.98 Å². The van der Waals surface area contributed by atoms with Crippen molar-refractivity contribution in [2.75, 3.05) is 13.6 Å². The summed E-state index contributed by atoms with van der Waals surface area (Å²) in [6.45, 7) is 0.738. The summed E-state index contributed by atoms with van der Waals surface area (Å²) in [7, 11) is -0.145. The van der Waals surface area contributed by atoms with Gasteiger partial charge >= 0.3 is 0 Å². The van der Waals surface area contributed by atoms with Gasteiger partial charge < -0.3 is 9.47 Å². The molecule has 0 fully saturated rings. The average molecular weight is 267 g/mol. The Bertz CT molecular complexity index is 664. The van der Waals surface area contributed by atoms with E-state index in [1.165, 1.54) is 5.57 Å². The first-order chi connectivity index (χ1) is 10.3. The van der Waals surface area contributed by atoms with Crippen molar-refractivity contribution >= 4 is 11.8 Å². The summed E-state index contributed by atoms with van der Waals surface area (Å²) in [6.07, 6.45) is 5.42. The smallest absolute Gasteiger partial charge is 0.213 e. The van der Waals surface area contributed by atoms with Gasteiger partial charge in [-0.25, -0.2) is 4.98 Å². The van der Waals surface area contributed by atoms with Gasteiger partial charge in [0.05, 0.1) is 21.2 Å². The lowest BCUT2D eigenvalue weighted by Crippen LogP contribution is -1.90. The van der Waals surface area contributed by atoms with Gasteiger partial charge in [-0.1, -0.05) is 12.1 Å². The summed E-state index contributed by atoms with van der Waals surface area (Å²) in [5.41, 5.74) is 2.36. The molecule has 2 heterocycles. The predicted octanol–water partition coefficient (Wildman–Crippen LogP) is 3.35. The maximum Gasteiger partial charge on any atom is 0.213 e. The Morgan fingerprint density at radius 1 is 1.10 bits per heavy atom. The molecule has 1 aromatic heterocycles. The number of rotatable bonds is 4. The number of benzene rings is 1. The summed E-state index contributed by atoms with van der Waals surface area (Å²) in [5.74, 6) is 1.79. The van der Waals surface area contributed by atoms with Gasteiger partial charge in [-0.3, -0.25) is 4.99 Å². The Hall–Kier alpha value is -2.62. The van der Waals surface area contributed by atoms with Crippen molar-refractivity contribution in [2.24, 2.45) is 4.99 Å². The van der Waals surface area contributed by atoms with Gasteiger partial charge in [0, 0.05) is 12.3 Å². The first-order valence-corrected chi connectivity index (χ1v) is 6.20. The molecule has 1 aromatic carbocycles. The van der Waals surface area contributed by atoms with Gasteiger partial charge in [-0.05, 0) is 35.4 Å². The van der Waals surface area contributed by atoms with Gasteiger partial charge in [0.15, 0.2) is 0 Å². The fourth-order valence-corrected chi connectivity index (χ4v) is 1.92. The molecule has 1 aliphatic heterocycles. The molecule has 3 rings (SSSR count). The lowest BCUT2D eigenvalue weighted by molar-refractivity contribution is 0.395. The molecule has 100 valence electrons. The van der Waals surface area contributed by atoms with Crippen LogP contribution < -0.4 is 9.47 Å². The second-order valence-corrected chi connectivity index (χ2v) is 4.28. The van der Waals surface area contributed by atoms with Crippen molar-refractivity contribution < 1.29 is 10.8 Å². The van der Waals surface area contributed by atoms with Crippen molar-refractivity contribution in [1.29, 1.82) is 0 Å². The van der Waals surface area contributed by atoms with Crippen LogP contribution in [0.25, 0.3) is 5.57 Å². The Labute approximate surface area is 118 Å². The highest BCUT2D eigenvalue weighted by Crippen LogP contribution is 2.25. The highest BCUT2D eigenvalue weighted by Gasteiger charge is 2.04. The predicted molar refractivity (Wildman–Crippen MR) is 78.6 cm³/mol. The second kappa shape index (κ2) is 5.57. The third kappa shape index (κ3) is 2.69. The minimum atomic E-state index is -0.145. The van der Waals surface area contributed by atoms with Crippen molar-refractivity contribution in [3.8, 4) is 17.4 Å². The maximum absolute atomic E-state index is 6.96. The van der Waals surface area contributed by atoms with E-state index in [0.717, 1.165) is 17.9 Å². The highest BCUT2D eigenvalue weighted by molar-refractivity contribution is 5.89. The van der Waals surface area contributed by atoms with E-state index in [1.54, 1.807) is 18.3 Å². The van der Waals surface area contributed by atoms with Crippen molar-refractivity contribution in [3.63, 3.8) is 0 Å². The third-order valence-electron chi connectivity index (χ3n) is 2.96. The van der Waals surface area contributed by atoms with E-state index in [-0.39, 0.29) is 7.09 Å². The van der Waals surface area contributed by atoms with Crippen LogP contribution in [-0.2, 0) is 0 Å². The molecule has 1 aliphatic rings. The first kappa shape index (κ1) is 11.2. The zero-order valence-corrected chi connectivity index (χ0v) is 10.8. The molecule has 0 radical (unpaired) electrons. The van der Waals surface area contributed by atoms with Crippen LogP contribution in [0.5, 0.6) is 17.4 Å². The SMILES string of the molecule is [2H]COc1ccc(Oc2ccc(C3=CC=NC3)cc2)cn1. The first-order valence-electron chi connectivity index (χ1n) is 6.91. The third-order valence-corrected chi connectivity index (χ3v) is 2.96. The Morgan fingerprint density at radius 3 is 2.60 bits per heavy atom. The topological polar surface area (TPSA) is 43.7 Å². The quantitative estimate of drug-likeness (QED) is 0.853. The maximum atomic E-state index is 6.96. The zero-order valence-electron chi connectivity index (χ0n) is 11.8. The van der Waals surface area contributed by atoms with Crippen molar-refractivity contribution in [2.45, 2.75) is 0 Å². The largest absolute Gasteiger partial charge is 0.481 e. The average Bonchev–Trinajstić information content (AvgIpc) is 3.05. The molecule has 0 atom stereocenters. The van der Waals surface area contributed by atoms with Crippen LogP contribution in [0.1, 0.15) is 6.93 Å². The van der Waals surface area contributed by atoms with E-state index in [9.17, 15) is 0 Å². The molecular formula is C16H14N2O2. The van der Waals surface area contributed by atoms with E-state index in [2.05, 4.69) is 9.98 Å². The van der Waals surface area contributed by atoms with E-state index >= 15 is 0 Å². The molecule has 20 heavy (non-hydrogen) atoms. The summed E-state index contributed by atoms with van der Waals surface area (Å²) in [6, 6.07) is 11.3. The normalized spacial score (nSPS) is 13.8. The number of hydrogen-bond acceptors (Lipinski definition) is 4. The molecule has 0 saturated carbocycles. The van der Waals surface area contributed by atoms with Gasteiger partial charge in [-0.2, -0.15) is 0 Å². The number of pyridine rings is 1. The lowest BCUT2D eigenvalue weighted by atomic mass is 10.1. The van der Waals surface area contributed by atoms with Crippen molar-refractivity contribution in [3.05, 3.63) is 54.2 Å². The number of ether oxygens (including phenoxy) is 2. The van der Waals surface area contributed by atoms with Crippen LogP contribution in [0.4, 0.5) is 0 Å². The van der Waals surface area contributed by atoms with Crippen LogP contribution in [0.3, 0.4) is 0 Å². The van der Waals surface area contributed by atoms with Crippen LogP contribution >= 0.6 is 0 Å². The standard InChI is InChI=1S/C16H14N2O2/c1-19-16-7-6-15(11-18-16)20-14-4-2-12(3-5-14)13-8-9-17-10-13/h2-9,11H,10H2,1H3/i1D. The summed E-state index contributed by atoms with van der Waals surface area (Å²) < 4.78 is 17.6. The Morgan fingerprint density at radius 2 is 1.95 bits per heavy atom.